The molecule has 0 aromatic carbocycles. The Bertz CT molecular complexity index is 648. The van der Waals surface area contributed by atoms with Gasteiger partial charge in [-0.1, -0.05) is 13.8 Å². The van der Waals surface area contributed by atoms with Crippen molar-refractivity contribution in [3.05, 3.63) is 41.2 Å². The molecule has 4 nitrogen and oxygen atoms in total. The van der Waals surface area contributed by atoms with Crippen molar-refractivity contribution in [2.24, 2.45) is 18.2 Å². The minimum atomic E-state index is 0.178. The molecule has 0 fully saturated rings. The van der Waals surface area contributed by atoms with Gasteiger partial charge in [-0.2, -0.15) is 0 Å². The lowest BCUT2D eigenvalue weighted by Gasteiger charge is -2.34. The lowest BCUT2D eigenvalue weighted by Crippen LogP contribution is -2.30. The molecule has 1 aliphatic rings. The molecule has 2 aromatic heterocycles. The molecule has 114 valence electrons. The fourth-order valence-corrected chi connectivity index (χ4v) is 3.66. The van der Waals surface area contributed by atoms with E-state index in [0.717, 1.165) is 31.6 Å². The highest BCUT2D eigenvalue weighted by molar-refractivity contribution is 5.34. The topological polar surface area (TPSA) is 48.8 Å². The van der Waals surface area contributed by atoms with Crippen molar-refractivity contribution in [2.75, 3.05) is 0 Å². The van der Waals surface area contributed by atoms with Crippen molar-refractivity contribution in [3.8, 4) is 0 Å². The number of imidazole rings is 1. The van der Waals surface area contributed by atoms with Gasteiger partial charge in [-0.05, 0) is 36.8 Å². The summed E-state index contributed by atoms with van der Waals surface area (Å²) in [6.07, 6.45) is 7.02. The van der Waals surface area contributed by atoms with Crippen LogP contribution in [0.4, 0.5) is 0 Å². The standard InChI is InChI=1S/C17H26N4/c1-12-9-13-14(18)10-17(2,3)11-15(13)21(12)7-5-16-19-6-8-20(16)4/h6,8-9,14H,5,7,10-11,18H2,1-4H3. The zero-order valence-electron chi connectivity index (χ0n) is 13.6. The Hall–Kier alpha value is -1.55. The van der Waals surface area contributed by atoms with Gasteiger partial charge in [0.05, 0.1) is 0 Å². The summed E-state index contributed by atoms with van der Waals surface area (Å²) in [7, 11) is 2.05. The van der Waals surface area contributed by atoms with Crippen LogP contribution in [0.15, 0.2) is 18.5 Å². The van der Waals surface area contributed by atoms with Crippen LogP contribution in [-0.2, 0) is 26.4 Å². The number of nitrogens with two attached hydrogens (primary N) is 1. The van der Waals surface area contributed by atoms with Crippen molar-refractivity contribution in [1.82, 2.24) is 14.1 Å². The molecule has 0 saturated heterocycles. The summed E-state index contributed by atoms with van der Waals surface area (Å²) >= 11 is 0. The van der Waals surface area contributed by atoms with Crippen molar-refractivity contribution in [1.29, 1.82) is 0 Å². The summed E-state index contributed by atoms with van der Waals surface area (Å²) in [4.78, 5) is 4.43. The van der Waals surface area contributed by atoms with Crippen molar-refractivity contribution in [2.45, 2.75) is 52.6 Å². The Morgan fingerprint density at radius 1 is 1.43 bits per heavy atom. The molecular weight excluding hydrogens is 260 g/mol. The fraction of sp³-hybridized carbons (Fsp3) is 0.588. The van der Waals surface area contributed by atoms with E-state index in [1.54, 1.807) is 0 Å². The van der Waals surface area contributed by atoms with E-state index in [-0.39, 0.29) is 11.5 Å². The second-order valence-electron chi connectivity index (χ2n) is 7.20. The van der Waals surface area contributed by atoms with Gasteiger partial charge in [-0.3, -0.25) is 0 Å². The minimum absolute atomic E-state index is 0.178. The molecule has 2 aromatic rings. The van der Waals surface area contributed by atoms with Crippen LogP contribution in [0.5, 0.6) is 0 Å². The lowest BCUT2D eigenvalue weighted by molar-refractivity contribution is 0.275. The lowest BCUT2D eigenvalue weighted by atomic mass is 9.74. The smallest absolute Gasteiger partial charge is 0.110 e. The molecule has 0 amide bonds. The van der Waals surface area contributed by atoms with Gasteiger partial charge in [-0.25, -0.2) is 4.98 Å². The van der Waals surface area contributed by atoms with Gasteiger partial charge >= 0.3 is 0 Å². The number of aromatic nitrogens is 3. The molecule has 0 spiro atoms. The molecule has 3 rings (SSSR count). The van der Waals surface area contributed by atoms with E-state index in [9.17, 15) is 0 Å². The third-order valence-electron chi connectivity index (χ3n) is 4.75. The molecule has 2 heterocycles. The summed E-state index contributed by atoms with van der Waals surface area (Å²) in [5.41, 5.74) is 10.8. The number of aryl methyl sites for hydroxylation is 3. The maximum Gasteiger partial charge on any atom is 0.110 e. The van der Waals surface area contributed by atoms with E-state index in [1.807, 2.05) is 12.4 Å². The normalized spacial score (nSPS) is 20.5. The molecule has 1 unspecified atom stereocenters. The first-order valence-electron chi connectivity index (χ1n) is 7.78. The zero-order chi connectivity index (χ0) is 15.2. The van der Waals surface area contributed by atoms with E-state index < -0.39 is 0 Å². The van der Waals surface area contributed by atoms with E-state index in [1.165, 1.54) is 17.0 Å². The second-order valence-corrected chi connectivity index (χ2v) is 7.20. The van der Waals surface area contributed by atoms with Crippen LogP contribution in [0.1, 0.15) is 49.1 Å². The number of fused-ring (bicyclic) bond motifs is 1. The Balaban J connectivity index is 1.88. The molecule has 0 bridgehead atoms. The largest absolute Gasteiger partial charge is 0.348 e. The van der Waals surface area contributed by atoms with E-state index in [2.05, 4.69) is 48.0 Å². The molecule has 2 N–H and O–H groups in total. The second kappa shape index (κ2) is 5.02. The Morgan fingerprint density at radius 2 is 2.19 bits per heavy atom. The van der Waals surface area contributed by atoms with Crippen LogP contribution in [-0.4, -0.2) is 14.1 Å². The third kappa shape index (κ3) is 2.64. The Morgan fingerprint density at radius 3 is 2.86 bits per heavy atom. The number of rotatable bonds is 3. The first-order chi connectivity index (χ1) is 9.87. The average Bonchev–Trinajstić information content (AvgIpc) is 2.90. The Labute approximate surface area is 127 Å². The Kier molecular flexibility index (Phi) is 3.44. The van der Waals surface area contributed by atoms with Crippen LogP contribution in [0, 0.1) is 12.3 Å². The highest BCUT2D eigenvalue weighted by Gasteiger charge is 2.33. The van der Waals surface area contributed by atoms with Gasteiger partial charge in [-0.15, -0.1) is 0 Å². The van der Waals surface area contributed by atoms with E-state index >= 15 is 0 Å². The minimum Gasteiger partial charge on any atom is -0.348 e. The monoisotopic (exact) mass is 286 g/mol. The first kappa shape index (κ1) is 14.4. The maximum absolute atomic E-state index is 6.39. The quantitative estimate of drug-likeness (QED) is 0.943. The zero-order valence-corrected chi connectivity index (χ0v) is 13.6. The molecule has 1 aliphatic carbocycles. The molecule has 4 heteroatoms. The van der Waals surface area contributed by atoms with Crippen LogP contribution < -0.4 is 5.73 Å². The molecule has 0 saturated carbocycles. The SMILES string of the molecule is Cc1cc2c(n1CCc1nccn1C)CC(C)(C)CC2N. The molecular formula is C17H26N4. The van der Waals surface area contributed by atoms with Gasteiger partial charge in [0.1, 0.15) is 5.82 Å². The number of hydrogen-bond donors (Lipinski definition) is 1. The van der Waals surface area contributed by atoms with Crippen LogP contribution >= 0.6 is 0 Å². The summed E-state index contributed by atoms with van der Waals surface area (Å²) in [6.45, 7) is 7.81. The fourth-order valence-electron chi connectivity index (χ4n) is 3.66. The molecule has 21 heavy (non-hydrogen) atoms. The van der Waals surface area contributed by atoms with Gasteiger partial charge < -0.3 is 14.9 Å². The van der Waals surface area contributed by atoms with Crippen LogP contribution in [0.25, 0.3) is 0 Å². The van der Waals surface area contributed by atoms with Crippen LogP contribution in [0.2, 0.25) is 0 Å². The van der Waals surface area contributed by atoms with Crippen molar-refractivity contribution >= 4 is 0 Å². The maximum atomic E-state index is 6.39. The van der Waals surface area contributed by atoms with Gasteiger partial charge in [0.15, 0.2) is 0 Å². The van der Waals surface area contributed by atoms with Crippen LogP contribution in [0.3, 0.4) is 0 Å². The molecule has 0 aliphatic heterocycles. The number of hydrogen-bond acceptors (Lipinski definition) is 2. The predicted octanol–water partition coefficient (Wildman–Crippen LogP) is 2.74. The highest BCUT2D eigenvalue weighted by Crippen LogP contribution is 2.40. The summed E-state index contributed by atoms with van der Waals surface area (Å²) in [6, 6.07) is 2.46. The van der Waals surface area contributed by atoms with Gasteiger partial charge in [0.2, 0.25) is 0 Å². The van der Waals surface area contributed by atoms with Gasteiger partial charge in [0, 0.05) is 49.8 Å². The molecule has 0 radical (unpaired) electrons. The van der Waals surface area contributed by atoms with Crippen molar-refractivity contribution < 1.29 is 0 Å². The summed E-state index contributed by atoms with van der Waals surface area (Å²) in [5, 5.41) is 0. The van der Waals surface area contributed by atoms with Crippen molar-refractivity contribution in [3.63, 3.8) is 0 Å². The van der Waals surface area contributed by atoms with E-state index in [4.69, 9.17) is 5.73 Å². The predicted molar refractivity (Wildman–Crippen MR) is 85.1 cm³/mol. The summed E-state index contributed by atoms with van der Waals surface area (Å²) < 4.78 is 4.55. The first-order valence-corrected chi connectivity index (χ1v) is 7.78. The molecule has 1 atom stereocenters. The van der Waals surface area contributed by atoms with Gasteiger partial charge in [0.25, 0.3) is 0 Å². The number of nitrogens with zero attached hydrogens (tertiary/aromatic N) is 3. The summed E-state index contributed by atoms with van der Waals surface area (Å²) in [5.74, 6) is 1.14. The third-order valence-corrected chi connectivity index (χ3v) is 4.75. The van der Waals surface area contributed by atoms with E-state index in [0.29, 0.717) is 0 Å². The average molecular weight is 286 g/mol. The highest BCUT2D eigenvalue weighted by atomic mass is 15.1.